The zero-order chi connectivity index (χ0) is 12.1. The quantitative estimate of drug-likeness (QED) is 0.644. The fraction of sp³-hybridized carbons (Fsp3) is 0.667. The monoisotopic (exact) mass is 216 g/mol. The van der Waals surface area contributed by atoms with Crippen molar-refractivity contribution in [2.45, 2.75) is 38.8 Å². The summed E-state index contributed by atoms with van der Waals surface area (Å²) in [5, 5.41) is 2.22. The molecule has 6 nitrogen and oxygen atoms in total. The summed E-state index contributed by atoms with van der Waals surface area (Å²) in [6, 6.07) is -0.933. The summed E-state index contributed by atoms with van der Waals surface area (Å²) in [5.74, 6) is -0.664. The summed E-state index contributed by atoms with van der Waals surface area (Å²) in [6.07, 6.45) is -0.543. The van der Waals surface area contributed by atoms with Crippen LogP contribution in [0.4, 0.5) is 4.79 Å². The van der Waals surface area contributed by atoms with Gasteiger partial charge in [-0.3, -0.25) is 4.79 Å². The molecule has 0 aliphatic heterocycles. The molecule has 1 atom stereocenters. The van der Waals surface area contributed by atoms with Crippen molar-refractivity contribution in [2.75, 3.05) is 0 Å². The molecule has 86 valence electrons. The number of ether oxygens (including phenoxy) is 1. The Morgan fingerprint density at radius 1 is 1.47 bits per heavy atom. The van der Waals surface area contributed by atoms with Gasteiger partial charge in [0.2, 0.25) is 5.91 Å². The molecule has 0 aliphatic rings. The summed E-state index contributed by atoms with van der Waals surface area (Å²) in [5.41, 5.74) is 4.23. The summed E-state index contributed by atoms with van der Waals surface area (Å²) in [6.45, 7) is 5.07. The maximum absolute atomic E-state index is 11.2. The molecule has 0 saturated heterocycles. The van der Waals surface area contributed by atoms with Crippen molar-refractivity contribution in [1.82, 2.24) is 5.32 Å². The highest BCUT2D eigenvalue weighted by molar-refractivity contribution is 5.81. The minimum Gasteiger partial charge on any atom is -0.444 e. The van der Waals surface area contributed by atoms with Crippen LogP contribution < -0.4 is 11.1 Å². The van der Waals surface area contributed by atoms with Gasteiger partial charge in [0.25, 0.3) is 0 Å². The van der Waals surface area contributed by atoms with Crippen LogP contribution in [0.3, 0.4) is 0 Å². The number of alkyl carbamates (subject to hydrolysis) is 1. The highest BCUT2D eigenvalue weighted by atomic mass is 16.6. The van der Waals surface area contributed by atoms with E-state index < -0.39 is 23.6 Å². The van der Waals surface area contributed by atoms with Crippen LogP contribution in [-0.2, 0) is 14.3 Å². The summed E-state index contributed by atoms with van der Waals surface area (Å²) in [7, 11) is 0. The first kappa shape index (κ1) is 13.4. The number of aldehydes is 1. The van der Waals surface area contributed by atoms with Crippen LogP contribution in [0.25, 0.3) is 0 Å². The van der Waals surface area contributed by atoms with Crippen molar-refractivity contribution in [3.05, 3.63) is 0 Å². The molecule has 0 aromatic heterocycles. The van der Waals surface area contributed by atoms with Crippen LogP contribution in [0.5, 0.6) is 0 Å². The van der Waals surface area contributed by atoms with E-state index >= 15 is 0 Å². The Balaban J connectivity index is 4.13. The highest BCUT2D eigenvalue weighted by Gasteiger charge is 2.19. The number of hydrogen-bond acceptors (Lipinski definition) is 4. The minimum absolute atomic E-state index is 0.233. The van der Waals surface area contributed by atoms with E-state index in [1.165, 1.54) is 0 Å². The van der Waals surface area contributed by atoms with Gasteiger partial charge in [-0.2, -0.15) is 0 Å². The molecule has 0 fully saturated rings. The lowest BCUT2D eigenvalue weighted by atomic mass is 10.2. The fourth-order valence-corrected chi connectivity index (χ4v) is 0.809. The Morgan fingerprint density at radius 2 is 2.00 bits per heavy atom. The smallest absolute Gasteiger partial charge is 0.408 e. The molecule has 15 heavy (non-hydrogen) atoms. The average molecular weight is 216 g/mol. The van der Waals surface area contributed by atoms with E-state index in [4.69, 9.17) is 10.5 Å². The second-order valence-electron chi connectivity index (χ2n) is 4.06. The number of amides is 2. The minimum atomic E-state index is -0.933. The van der Waals surface area contributed by atoms with Crippen LogP contribution in [0.15, 0.2) is 0 Å². The molecule has 0 aromatic rings. The SMILES string of the molecule is CC(C)(C)OC(=O)NC(C=O)CC(N)=O. The lowest BCUT2D eigenvalue weighted by Gasteiger charge is -2.21. The van der Waals surface area contributed by atoms with E-state index in [2.05, 4.69) is 5.32 Å². The molecule has 0 rings (SSSR count). The molecular weight excluding hydrogens is 200 g/mol. The molecule has 3 N–H and O–H groups in total. The summed E-state index contributed by atoms with van der Waals surface area (Å²) in [4.78, 5) is 32.1. The first-order valence-electron chi connectivity index (χ1n) is 4.47. The lowest BCUT2D eigenvalue weighted by Crippen LogP contribution is -2.41. The number of hydrogen-bond donors (Lipinski definition) is 2. The molecule has 1 unspecified atom stereocenters. The first-order valence-corrected chi connectivity index (χ1v) is 4.47. The van der Waals surface area contributed by atoms with Gasteiger partial charge in [0.05, 0.1) is 12.5 Å². The molecule has 0 spiro atoms. The molecule has 0 saturated carbocycles. The van der Waals surface area contributed by atoms with Crippen LogP contribution in [0.2, 0.25) is 0 Å². The standard InChI is InChI=1S/C9H16N2O4/c1-9(2,3)15-8(14)11-6(5-12)4-7(10)13/h5-6H,4H2,1-3H3,(H2,10,13)(H,11,14). The van der Waals surface area contributed by atoms with Gasteiger partial charge in [0.15, 0.2) is 0 Å². The third-order valence-corrected chi connectivity index (χ3v) is 1.29. The lowest BCUT2D eigenvalue weighted by molar-refractivity contribution is -0.120. The van der Waals surface area contributed by atoms with Crippen molar-refractivity contribution in [1.29, 1.82) is 0 Å². The molecule has 0 aliphatic carbocycles. The Morgan fingerprint density at radius 3 is 2.33 bits per heavy atom. The van der Waals surface area contributed by atoms with Crippen LogP contribution >= 0.6 is 0 Å². The van der Waals surface area contributed by atoms with Gasteiger partial charge >= 0.3 is 6.09 Å². The van der Waals surface area contributed by atoms with Gasteiger partial charge in [-0.1, -0.05) is 0 Å². The second kappa shape index (κ2) is 5.33. The van der Waals surface area contributed by atoms with Crippen molar-refractivity contribution in [3.63, 3.8) is 0 Å². The molecule has 0 bridgehead atoms. The van der Waals surface area contributed by atoms with Crippen LogP contribution in [-0.4, -0.2) is 29.9 Å². The predicted octanol–water partition coefficient (Wildman–Crippen LogP) is -0.0460. The van der Waals surface area contributed by atoms with E-state index in [1.54, 1.807) is 20.8 Å². The molecule has 0 heterocycles. The number of primary amides is 1. The Hall–Kier alpha value is -1.59. The van der Waals surface area contributed by atoms with E-state index in [9.17, 15) is 14.4 Å². The number of carbonyl (C=O) groups is 3. The average Bonchev–Trinajstić information content (AvgIpc) is 1.98. The highest BCUT2D eigenvalue weighted by Crippen LogP contribution is 2.06. The zero-order valence-corrected chi connectivity index (χ0v) is 9.07. The van der Waals surface area contributed by atoms with Crippen molar-refractivity contribution >= 4 is 18.3 Å². The van der Waals surface area contributed by atoms with Gasteiger partial charge in [-0.25, -0.2) is 4.79 Å². The van der Waals surface area contributed by atoms with E-state index in [-0.39, 0.29) is 6.42 Å². The van der Waals surface area contributed by atoms with Gasteiger partial charge < -0.3 is 20.6 Å². The predicted molar refractivity (Wildman–Crippen MR) is 53.0 cm³/mol. The summed E-state index contributed by atoms with van der Waals surface area (Å²) >= 11 is 0. The van der Waals surface area contributed by atoms with Crippen LogP contribution in [0, 0.1) is 0 Å². The normalized spacial score (nSPS) is 12.7. The number of carbonyl (C=O) groups excluding carboxylic acids is 3. The van der Waals surface area contributed by atoms with E-state index in [0.29, 0.717) is 6.29 Å². The van der Waals surface area contributed by atoms with E-state index in [1.807, 2.05) is 0 Å². The second-order valence-corrected chi connectivity index (χ2v) is 4.06. The zero-order valence-electron chi connectivity index (χ0n) is 9.07. The topological polar surface area (TPSA) is 98.5 Å². The van der Waals surface area contributed by atoms with Gasteiger partial charge in [0, 0.05) is 0 Å². The third kappa shape index (κ3) is 7.48. The van der Waals surface area contributed by atoms with Gasteiger partial charge in [0.1, 0.15) is 11.9 Å². The number of rotatable bonds is 4. The Labute approximate surface area is 88.1 Å². The number of nitrogens with two attached hydrogens (primary N) is 1. The Kier molecular flexibility index (Phi) is 4.77. The maximum atomic E-state index is 11.2. The van der Waals surface area contributed by atoms with Crippen molar-refractivity contribution in [2.24, 2.45) is 5.73 Å². The molecule has 0 aromatic carbocycles. The summed E-state index contributed by atoms with van der Waals surface area (Å²) < 4.78 is 4.89. The van der Waals surface area contributed by atoms with E-state index in [0.717, 1.165) is 0 Å². The maximum Gasteiger partial charge on any atom is 0.408 e. The van der Waals surface area contributed by atoms with Gasteiger partial charge in [-0.05, 0) is 20.8 Å². The number of nitrogens with one attached hydrogen (secondary N) is 1. The molecule has 0 radical (unpaired) electrons. The molecule has 6 heteroatoms. The Bertz CT molecular complexity index is 257. The molecule has 2 amide bonds. The van der Waals surface area contributed by atoms with Crippen molar-refractivity contribution in [3.8, 4) is 0 Å². The van der Waals surface area contributed by atoms with Crippen LogP contribution in [0.1, 0.15) is 27.2 Å². The first-order chi connectivity index (χ1) is 6.74. The largest absolute Gasteiger partial charge is 0.444 e. The molecular formula is C9H16N2O4. The van der Waals surface area contributed by atoms with Crippen molar-refractivity contribution < 1.29 is 19.1 Å². The van der Waals surface area contributed by atoms with Gasteiger partial charge in [-0.15, -0.1) is 0 Å². The third-order valence-electron chi connectivity index (χ3n) is 1.29. The fourth-order valence-electron chi connectivity index (χ4n) is 0.809.